The van der Waals surface area contributed by atoms with Crippen LogP contribution in [-0.4, -0.2) is 82.0 Å². The lowest BCUT2D eigenvalue weighted by atomic mass is 9.96. The summed E-state index contributed by atoms with van der Waals surface area (Å²) in [4.78, 5) is 21.0. The predicted molar refractivity (Wildman–Crippen MR) is 98.9 cm³/mol. The van der Waals surface area contributed by atoms with Crippen molar-refractivity contribution in [3.05, 3.63) is 11.6 Å². The molecule has 0 spiro atoms. The van der Waals surface area contributed by atoms with Gasteiger partial charge in [0.2, 0.25) is 0 Å². The maximum Gasteiger partial charge on any atom is 0.317 e. The number of aliphatic hydroxyl groups excluding tert-OH is 1. The molecule has 3 N–H and O–H groups in total. The number of aryl methyl sites for hydroxylation is 1. The number of nitrogens with zero attached hydrogens (tertiary/aromatic N) is 4. The highest BCUT2D eigenvalue weighted by atomic mass is 16.3. The van der Waals surface area contributed by atoms with Crippen molar-refractivity contribution >= 4 is 6.03 Å². The summed E-state index contributed by atoms with van der Waals surface area (Å²) in [5, 5.41) is 19.5. The molecule has 1 aromatic heterocycles. The van der Waals surface area contributed by atoms with Crippen LogP contribution in [-0.2, 0) is 0 Å². The third-order valence-corrected chi connectivity index (χ3v) is 5.55. The summed E-state index contributed by atoms with van der Waals surface area (Å²) in [5.74, 6) is 2.50. The molecule has 0 radical (unpaired) electrons. The van der Waals surface area contributed by atoms with Crippen LogP contribution in [0.15, 0.2) is 0 Å². The number of rotatable bonds is 6. The second kappa shape index (κ2) is 9.32. The van der Waals surface area contributed by atoms with E-state index in [1.165, 1.54) is 0 Å². The largest absolute Gasteiger partial charge is 0.396 e. The average molecular weight is 364 g/mol. The first-order valence-corrected chi connectivity index (χ1v) is 9.90. The zero-order chi connectivity index (χ0) is 18.4. The molecule has 26 heavy (non-hydrogen) atoms. The average Bonchev–Trinajstić information content (AvgIpc) is 3.12. The number of likely N-dealkylation sites (tertiary alicyclic amines) is 2. The quantitative estimate of drug-likeness (QED) is 0.657. The standard InChI is InChI=1S/C18H32N6O2/c1-14-20-17(22-21-14)16-5-10-24(11-6-16)18(26)19-7-3-9-23-8-2-4-15(12-23)13-25/h15-16,25H,2-13H2,1H3,(H,19,26)(H,20,21,22)/t15-/m1/s1. The maximum atomic E-state index is 12.3. The third-order valence-electron chi connectivity index (χ3n) is 5.55. The molecule has 1 atom stereocenters. The minimum Gasteiger partial charge on any atom is -0.396 e. The van der Waals surface area contributed by atoms with Crippen LogP contribution < -0.4 is 5.32 Å². The Hall–Kier alpha value is -1.67. The zero-order valence-corrected chi connectivity index (χ0v) is 15.8. The van der Waals surface area contributed by atoms with E-state index in [0.29, 0.717) is 18.4 Å². The number of carbonyl (C=O) groups excluding carboxylic acids is 1. The van der Waals surface area contributed by atoms with E-state index in [-0.39, 0.29) is 12.6 Å². The van der Waals surface area contributed by atoms with E-state index in [9.17, 15) is 9.90 Å². The number of piperidine rings is 2. The van der Waals surface area contributed by atoms with Crippen LogP contribution in [0.2, 0.25) is 0 Å². The molecule has 8 nitrogen and oxygen atoms in total. The molecular formula is C18H32N6O2. The number of urea groups is 1. The van der Waals surface area contributed by atoms with Gasteiger partial charge >= 0.3 is 6.03 Å². The molecule has 2 fully saturated rings. The van der Waals surface area contributed by atoms with Gasteiger partial charge in [0.1, 0.15) is 5.82 Å². The van der Waals surface area contributed by atoms with Gasteiger partial charge < -0.3 is 20.2 Å². The molecule has 3 heterocycles. The molecule has 3 rings (SSSR count). The van der Waals surface area contributed by atoms with Gasteiger partial charge in [-0.3, -0.25) is 5.10 Å². The molecular weight excluding hydrogens is 332 g/mol. The first kappa shape index (κ1) is 19.1. The third kappa shape index (κ3) is 5.17. The lowest BCUT2D eigenvalue weighted by Gasteiger charge is -2.32. The molecule has 146 valence electrons. The number of amides is 2. The Labute approximate surface area is 155 Å². The minimum absolute atomic E-state index is 0.0431. The van der Waals surface area contributed by atoms with E-state index < -0.39 is 0 Å². The second-order valence-electron chi connectivity index (χ2n) is 7.62. The highest BCUT2D eigenvalue weighted by Gasteiger charge is 2.26. The molecule has 0 unspecified atom stereocenters. The van der Waals surface area contributed by atoms with E-state index in [1.807, 2.05) is 11.8 Å². The van der Waals surface area contributed by atoms with Gasteiger partial charge in [-0.15, -0.1) is 0 Å². The normalized spacial score (nSPS) is 22.5. The van der Waals surface area contributed by atoms with E-state index in [2.05, 4.69) is 25.4 Å². The number of aromatic nitrogens is 3. The molecule has 2 aliphatic heterocycles. The van der Waals surface area contributed by atoms with Crippen molar-refractivity contribution < 1.29 is 9.90 Å². The van der Waals surface area contributed by atoms with Crippen LogP contribution in [0.4, 0.5) is 4.79 Å². The number of aliphatic hydroxyl groups is 1. The molecule has 8 heteroatoms. The van der Waals surface area contributed by atoms with Crippen LogP contribution in [0.3, 0.4) is 0 Å². The summed E-state index contributed by atoms with van der Waals surface area (Å²) >= 11 is 0. The molecule has 2 saturated heterocycles. The molecule has 2 aliphatic rings. The lowest BCUT2D eigenvalue weighted by Crippen LogP contribution is -2.45. The van der Waals surface area contributed by atoms with Crippen molar-refractivity contribution in [2.75, 3.05) is 45.9 Å². The Morgan fingerprint density at radius 1 is 1.31 bits per heavy atom. The summed E-state index contributed by atoms with van der Waals surface area (Å²) < 4.78 is 0. The van der Waals surface area contributed by atoms with E-state index in [4.69, 9.17) is 0 Å². The van der Waals surface area contributed by atoms with Gasteiger partial charge in [-0.1, -0.05) is 0 Å². The van der Waals surface area contributed by atoms with Crippen molar-refractivity contribution in [1.82, 2.24) is 30.3 Å². The van der Waals surface area contributed by atoms with E-state index in [1.54, 1.807) is 0 Å². The SMILES string of the molecule is Cc1nc(C2CCN(C(=O)NCCCN3CCC[C@@H](CO)C3)CC2)n[nH]1. The molecule has 1 aromatic rings. The zero-order valence-electron chi connectivity index (χ0n) is 15.8. The Morgan fingerprint density at radius 2 is 2.12 bits per heavy atom. The van der Waals surface area contributed by atoms with Crippen LogP contribution in [0.25, 0.3) is 0 Å². The molecule has 0 bridgehead atoms. The van der Waals surface area contributed by atoms with Gasteiger partial charge in [-0.2, -0.15) is 5.10 Å². The van der Waals surface area contributed by atoms with Gasteiger partial charge in [0.15, 0.2) is 5.82 Å². The highest BCUT2D eigenvalue weighted by Crippen LogP contribution is 2.25. The summed E-state index contributed by atoms with van der Waals surface area (Å²) in [6.07, 6.45) is 5.09. The summed E-state index contributed by atoms with van der Waals surface area (Å²) in [5.41, 5.74) is 0. The van der Waals surface area contributed by atoms with Crippen molar-refractivity contribution in [2.24, 2.45) is 5.92 Å². The fourth-order valence-corrected chi connectivity index (χ4v) is 4.00. The van der Waals surface area contributed by atoms with Crippen LogP contribution in [0.1, 0.15) is 49.7 Å². The van der Waals surface area contributed by atoms with Crippen LogP contribution in [0, 0.1) is 12.8 Å². The number of nitrogens with one attached hydrogen (secondary N) is 2. The number of carbonyl (C=O) groups is 1. The highest BCUT2D eigenvalue weighted by molar-refractivity contribution is 5.74. The first-order chi connectivity index (χ1) is 12.7. The van der Waals surface area contributed by atoms with Gasteiger partial charge in [0, 0.05) is 38.7 Å². The van der Waals surface area contributed by atoms with Crippen LogP contribution >= 0.6 is 0 Å². The van der Waals surface area contributed by atoms with Crippen molar-refractivity contribution in [2.45, 2.75) is 44.9 Å². The topological polar surface area (TPSA) is 97.4 Å². The molecule has 0 saturated carbocycles. The van der Waals surface area contributed by atoms with Crippen molar-refractivity contribution in [3.8, 4) is 0 Å². The smallest absolute Gasteiger partial charge is 0.317 e. The lowest BCUT2D eigenvalue weighted by molar-refractivity contribution is 0.119. The molecule has 0 aliphatic carbocycles. The number of hydrogen-bond donors (Lipinski definition) is 3. The maximum absolute atomic E-state index is 12.3. The fourth-order valence-electron chi connectivity index (χ4n) is 4.00. The van der Waals surface area contributed by atoms with Crippen LogP contribution in [0.5, 0.6) is 0 Å². The van der Waals surface area contributed by atoms with E-state index >= 15 is 0 Å². The predicted octanol–water partition coefficient (Wildman–Crippen LogP) is 1.10. The Kier molecular flexibility index (Phi) is 6.85. The Morgan fingerprint density at radius 3 is 2.81 bits per heavy atom. The van der Waals surface area contributed by atoms with Gasteiger partial charge in [-0.05, 0) is 58.0 Å². The number of H-pyrrole nitrogens is 1. The fraction of sp³-hybridized carbons (Fsp3) is 0.833. The van der Waals surface area contributed by atoms with E-state index in [0.717, 1.165) is 76.5 Å². The second-order valence-corrected chi connectivity index (χ2v) is 7.62. The number of aromatic amines is 1. The van der Waals surface area contributed by atoms with Gasteiger partial charge in [0.05, 0.1) is 0 Å². The monoisotopic (exact) mass is 364 g/mol. The summed E-state index contributed by atoms with van der Waals surface area (Å²) in [7, 11) is 0. The molecule has 0 aromatic carbocycles. The molecule has 2 amide bonds. The van der Waals surface area contributed by atoms with Gasteiger partial charge in [0.25, 0.3) is 0 Å². The first-order valence-electron chi connectivity index (χ1n) is 9.90. The Balaban J connectivity index is 1.31. The summed E-state index contributed by atoms with van der Waals surface area (Å²) in [6, 6.07) is 0.0431. The van der Waals surface area contributed by atoms with Crippen molar-refractivity contribution in [1.29, 1.82) is 0 Å². The van der Waals surface area contributed by atoms with Crippen molar-refractivity contribution in [3.63, 3.8) is 0 Å². The summed E-state index contributed by atoms with van der Waals surface area (Å²) in [6.45, 7) is 7.51. The van der Waals surface area contributed by atoms with Gasteiger partial charge in [-0.25, -0.2) is 9.78 Å². The minimum atomic E-state index is 0.0431. The Bertz CT molecular complexity index is 570. The number of hydrogen-bond acceptors (Lipinski definition) is 5.